The Morgan fingerprint density at radius 3 is 2.50 bits per heavy atom. The Kier molecular flexibility index (Phi) is 6.01. The molecule has 6 nitrogen and oxygen atoms in total. The lowest BCUT2D eigenvalue weighted by molar-refractivity contribution is 0.157. The number of carbonyl (C=O) groups is 1. The third kappa shape index (κ3) is 4.47. The van der Waals surface area contributed by atoms with Crippen LogP contribution in [0, 0.1) is 0 Å². The number of carbonyl (C=O) groups excluding carboxylic acids is 1. The number of aromatic nitrogens is 3. The molecule has 0 spiro atoms. The van der Waals surface area contributed by atoms with Crippen LogP contribution in [0.5, 0.6) is 0 Å². The zero-order chi connectivity index (χ0) is 20.8. The summed E-state index contributed by atoms with van der Waals surface area (Å²) in [5.74, 6) is 0. The Balaban J connectivity index is 1.63. The number of nitrogens with one attached hydrogen (secondary N) is 2. The number of nitrogens with zero attached hydrogens (tertiary/aromatic N) is 2. The second-order valence-electron chi connectivity index (χ2n) is 6.45. The Morgan fingerprint density at radius 1 is 1.10 bits per heavy atom. The van der Waals surface area contributed by atoms with Crippen LogP contribution in [0.15, 0.2) is 79.4 Å². The molecule has 1 amide bonds. The molecule has 0 aliphatic heterocycles. The van der Waals surface area contributed by atoms with Gasteiger partial charge < -0.3 is 10.1 Å². The summed E-state index contributed by atoms with van der Waals surface area (Å²) in [6, 6.07) is 22.1. The van der Waals surface area contributed by atoms with E-state index < -0.39 is 6.09 Å². The Labute approximate surface area is 178 Å². The van der Waals surface area contributed by atoms with E-state index in [2.05, 4.69) is 22.1 Å². The molecule has 0 aliphatic carbocycles. The van der Waals surface area contributed by atoms with E-state index in [1.165, 1.54) is 6.08 Å². The smallest absolute Gasteiger partial charge is 0.407 e. The molecule has 0 aliphatic rings. The minimum absolute atomic E-state index is 0.170. The van der Waals surface area contributed by atoms with Gasteiger partial charge in [-0.1, -0.05) is 73.3 Å². The largest absolute Gasteiger partial charge is 0.445 e. The van der Waals surface area contributed by atoms with E-state index in [-0.39, 0.29) is 13.2 Å². The topological polar surface area (TPSA) is 79.9 Å². The van der Waals surface area contributed by atoms with Crippen molar-refractivity contribution < 1.29 is 9.53 Å². The zero-order valence-corrected chi connectivity index (χ0v) is 17.0. The average Bonchev–Trinajstić information content (AvgIpc) is 3.45. The van der Waals surface area contributed by atoms with Crippen LogP contribution in [0.25, 0.3) is 32.4 Å². The van der Waals surface area contributed by atoms with Gasteiger partial charge in [0.2, 0.25) is 0 Å². The fraction of sp³-hybridized carbons (Fsp3) is 0.0870. The zero-order valence-electron chi connectivity index (χ0n) is 16.2. The van der Waals surface area contributed by atoms with Gasteiger partial charge in [-0.25, -0.2) is 9.78 Å². The quantitative estimate of drug-likeness (QED) is 0.402. The molecule has 2 heterocycles. The number of thiazole rings is 1. The van der Waals surface area contributed by atoms with Crippen LogP contribution in [-0.2, 0) is 11.3 Å². The third-order valence-corrected chi connectivity index (χ3v) is 5.44. The fourth-order valence-corrected chi connectivity index (χ4v) is 3.96. The third-order valence-electron chi connectivity index (χ3n) is 4.31. The highest BCUT2D eigenvalue weighted by atomic mass is 32.1. The van der Waals surface area contributed by atoms with E-state index in [1.807, 2.05) is 66.7 Å². The Hall–Kier alpha value is -3.71. The summed E-state index contributed by atoms with van der Waals surface area (Å²) < 4.78 is 4.92. The number of alkyl carbamates (subject to hydrolysis) is 1. The van der Waals surface area contributed by atoms with Crippen molar-refractivity contribution in [2.45, 2.75) is 6.54 Å². The van der Waals surface area contributed by atoms with Crippen molar-refractivity contribution >= 4 is 17.4 Å². The first kappa shape index (κ1) is 19.6. The van der Waals surface area contributed by atoms with E-state index in [0.717, 1.165) is 38.1 Å². The standard InChI is InChI=1S/C23H20N4O2S/c1-2-13-29-23(28)24-15-18-14-19(27-26-18)21-20(16-9-5-3-6-10-16)25-22(30-21)17-11-7-4-8-12-17/h2-12,14H,1,13,15H2,(H,24,28)(H,26,27). The van der Waals surface area contributed by atoms with Crippen molar-refractivity contribution in [3.05, 3.63) is 85.1 Å². The minimum atomic E-state index is -0.500. The summed E-state index contributed by atoms with van der Waals surface area (Å²) in [4.78, 5) is 17.5. The van der Waals surface area contributed by atoms with Crippen molar-refractivity contribution in [1.29, 1.82) is 0 Å². The van der Waals surface area contributed by atoms with E-state index in [9.17, 15) is 4.79 Å². The first-order valence-corrected chi connectivity index (χ1v) is 10.2. The number of H-pyrrole nitrogens is 1. The van der Waals surface area contributed by atoms with Gasteiger partial charge >= 0.3 is 6.09 Å². The van der Waals surface area contributed by atoms with Crippen molar-refractivity contribution in [2.75, 3.05) is 6.61 Å². The van der Waals surface area contributed by atoms with Gasteiger partial charge in [0.25, 0.3) is 0 Å². The highest BCUT2D eigenvalue weighted by molar-refractivity contribution is 7.18. The van der Waals surface area contributed by atoms with E-state index in [1.54, 1.807) is 11.3 Å². The van der Waals surface area contributed by atoms with Crippen LogP contribution in [0.3, 0.4) is 0 Å². The SMILES string of the molecule is C=CCOC(=O)NCc1cc(-c2sc(-c3ccccc3)nc2-c2ccccc2)n[nH]1. The summed E-state index contributed by atoms with van der Waals surface area (Å²) >= 11 is 1.59. The van der Waals surface area contributed by atoms with E-state index in [4.69, 9.17) is 9.72 Å². The molecule has 2 N–H and O–H groups in total. The number of hydrogen-bond acceptors (Lipinski definition) is 5. The van der Waals surface area contributed by atoms with Crippen molar-refractivity contribution in [3.8, 4) is 32.4 Å². The summed E-state index contributed by atoms with van der Waals surface area (Å²) in [6.07, 6.45) is 1.02. The molecular formula is C23H20N4O2S. The number of ether oxygens (including phenoxy) is 1. The van der Waals surface area contributed by atoms with Crippen LogP contribution in [0.2, 0.25) is 0 Å². The molecule has 0 saturated heterocycles. The predicted octanol–water partition coefficient (Wildman–Crippen LogP) is 5.28. The van der Waals surface area contributed by atoms with Crippen LogP contribution in [0.1, 0.15) is 5.69 Å². The highest BCUT2D eigenvalue weighted by Crippen LogP contribution is 2.39. The summed E-state index contributed by atoms with van der Waals surface area (Å²) in [5, 5.41) is 11.1. The average molecular weight is 417 g/mol. The predicted molar refractivity (Wildman–Crippen MR) is 119 cm³/mol. The maximum atomic E-state index is 11.6. The number of amides is 1. The number of rotatable bonds is 7. The van der Waals surface area contributed by atoms with Crippen molar-refractivity contribution in [1.82, 2.24) is 20.5 Å². The van der Waals surface area contributed by atoms with Gasteiger partial charge in [0.15, 0.2) is 0 Å². The number of hydrogen-bond donors (Lipinski definition) is 2. The van der Waals surface area contributed by atoms with Gasteiger partial charge in [-0.2, -0.15) is 5.10 Å². The molecule has 0 radical (unpaired) electrons. The van der Waals surface area contributed by atoms with E-state index in [0.29, 0.717) is 0 Å². The first-order valence-electron chi connectivity index (χ1n) is 9.42. The lowest BCUT2D eigenvalue weighted by Gasteiger charge is -2.02. The van der Waals surface area contributed by atoms with Crippen LogP contribution < -0.4 is 5.32 Å². The molecule has 0 unspecified atom stereocenters. The summed E-state index contributed by atoms with van der Waals surface area (Å²) in [7, 11) is 0. The highest BCUT2D eigenvalue weighted by Gasteiger charge is 2.18. The lowest BCUT2D eigenvalue weighted by atomic mass is 10.1. The van der Waals surface area contributed by atoms with Gasteiger partial charge in [0, 0.05) is 11.1 Å². The fourth-order valence-electron chi connectivity index (χ4n) is 2.91. The molecule has 4 aromatic rings. The number of benzene rings is 2. The molecule has 150 valence electrons. The summed E-state index contributed by atoms with van der Waals surface area (Å²) in [5.41, 5.74) is 4.53. The van der Waals surface area contributed by atoms with Gasteiger partial charge in [-0.3, -0.25) is 5.10 Å². The van der Waals surface area contributed by atoms with Crippen molar-refractivity contribution in [2.24, 2.45) is 0 Å². The molecule has 0 atom stereocenters. The molecule has 2 aromatic heterocycles. The van der Waals surface area contributed by atoms with E-state index >= 15 is 0 Å². The molecule has 0 saturated carbocycles. The Morgan fingerprint density at radius 2 is 1.80 bits per heavy atom. The maximum absolute atomic E-state index is 11.6. The molecular weight excluding hydrogens is 396 g/mol. The molecule has 7 heteroatoms. The maximum Gasteiger partial charge on any atom is 0.407 e. The molecule has 2 aromatic carbocycles. The van der Waals surface area contributed by atoms with Crippen LogP contribution in [-0.4, -0.2) is 27.9 Å². The monoisotopic (exact) mass is 416 g/mol. The normalized spacial score (nSPS) is 10.5. The van der Waals surface area contributed by atoms with Gasteiger partial charge in [-0.05, 0) is 6.07 Å². The molecule has 0 bridgehead atoms. The molecule has 30 heavy (non-hydrogen) atoms. The molecule has 0 fully saturated rings. The number of aromatic amines is 1. The second-order valence-corrected chi connectivity index (χ2v) is 7.45. The van der Waals surface area contributed by atoms with Gasteiger partial charge in [0.1, 0.15) is 17.3 Å². The van der Waals surface area contributed by atoms with Crippen LogP contribution in [0.4, 0.5) is 4.79 Å². The van der Waals surface area contributed by atoms with Crippen LogP contribution >= 0.6 is 11.3 Å². The molecule has 4 rings (SSSR count). The Bertz CT molecular complexity index is 1140. The van der Waals surface area contributed by atoms with Gasteiger partial charge in [-0.15, -0.1) is 11.3 Å². The lowest BCUT2D eigenvalue weighted by Crippen LogP contribution is -2.23. The summed E-state index contributed by atoms with van der Waals surface area (Å²) in [6.45, 7) is 3.97. The first-order chi connectivity index (χ1) is 14.7. The second kappa shape index (κ2) is 9.19. The van der Waals surface area contributed by atoms with Gasteiger partial charge in [0.05, 0.1) is 22.8 Å². The minimum Gasteiger partial charge on any atom is -0.445 e. The van der Waals surface area contributed by atoms with Crippen molar-refractivity contribution in [3.63, 3.8) is 0 Å².